The fourth-order valence-electron chi connectivity index (χ4n) is 1.26. The lowest BCUT2D eigenvalue weighted by molar-refractivity contribution is 0.200. The van der Waals surface area contributed by atoms with Gasteiger partial charge in [-0.05, 0) is 30.7 Å². The van der Waals surface area contributed by atoms with E-state index >= 15 is 0 Å². The van der Waals surface area contributed by atoms with Crippen LogP contribution in [0.2, 0.25) is 0 Å². The molecule has 0 aliphatic heterocycles. The third-order valence-electron chi connectivity index (χ3n) is 2.13. The number of carbonyl (C=O) groups excluding carboxylic acids is 2. The van der Waals surface area contributed by atoms with E-state index in [-0.39, 0.29) is 0 Å². The number of primary amides is 1. The minimum absolute atomic E-state index is 0.402. The summed E-state index contributed by atoms with van der Waals surface area (Å²) in [5.74, 6) is 0.402. The summed E-state index contributed by atoms with van der Waals surface area (Å²) in [6, 6.07) is 5.70. The number of amides is 3. The van der Waals surface area contributed by atoms with Crippen molar-refractivity contribution in [2.45, 2.75) is 19.8 Å². The summed E-state index contributed by atoms with van der Waals surface area (Å²) >= 11 is 0. The van der Waals surface area contributed by atoms with Crippen LogP contribution >= 0.6 is 0 Å². The van der Waals surface area contributed by atoms with Gasteiger partial charge in [0.25, 0.3) is 0 Å². The van der Waals surface area contributed by atoms with Crippen molar-refractivity contribution in [1.29, 1.82) is 0 Å². The molecule has 6 heteroatoms. The molecule has 0 atom stereocenters. The van der Waals surface area contributed by atoms with E-state index in [0.717, 1.165) is 12.8 Å². The fourth-order valence-corrected chi connectivity index (χ4v) is 1.26. The average Bonchev–Trinajstić information content (AvgIpc) is 2.31. The van der Waals surface area contributed by atoms with Gasteiger partial charge in [-0.1, -0.05) is 13.3 Å². The van der Waals surface area contributed by atoms with Crippen LogP contribution in [0, 0.1) is 0 Å². The zero-order chi connectivity index (χ0) is 13.4. The number of carbonyl (C=O) groups is 2. The number of hydrogen-bond acceptors (Lipinski definition) is 3. The van der Waals surface area contributed by atoms with Gasteiger partial charge in [-0.3, -0.25) is 0 Å². The molecule has 1 rings (SSSR count). The monoisotopic (exact) mass is 251 g/mol. The van der Waals surface area contributed by atoms with Crippen molar-refractivity contribution in [3.05, 3.63) is 24.3 Å². The largest absolute Gasteiger partial charge is 0.412 e. The van der Waals surface area contributed by atoms with Gasteiger partial charge in [-0.15, -0.1) is 0 Å². The number of unbranched alkanes of at least 4 members (excludes halogenated alkanes) is 1. The Bertz CT molecular complexity index is 404. The standard InChI is InChI=1S/C12H17N3O3/c1-2-3-8-14-12(17)18-10-6-4-9(5-7-10)15-11(13)16/h4-7H,2-3,8H2,1H3,(H,14,17)(H3,13,15,16). The first-order chi connectivity index (χ1) is 8.61. The SMILES string of the molecule is CCCCNC(=O)Oc1ccc(NC(N)=O)cc1. The van der Waals surface area contributed by atoms with Gasteiger partial charge in [0.2, 0.25) is 0 Å². The van der Waals surface area contributed by atoms with Gasteiger partial charge in [-0.2, -0.15) is 0 Å². The second-order valence-corrected chi connectivity index (χ2v) is 3.68. The van der Waals surface area contributed by atoms with Crippen molar-refractivity contribution < 1.29 is 14.3 Å². The maximum atomic E-state index is 11.3. The van der Waals surface area contributed by atoms with Crippen molar-refractivity contribution in [2.75, 3.05) is 11.9 Å². The molecule has 4 N–H and O–H groups in total. The van der Waals surface area contributed by atoms with E-state index in [1.807, 2.05) is 6.92 Å². The van der Waals surface area contributed by atoms with Crippen LogP contribution in [0.1, 0.15) is 19.8 Å². The summed E-state index contributed by atoms with van der Waals surface area (Å²) in [5.41, 5.74) is 5.51. The minimum atomic E-state index is -0.638. The Morgan fingerprint density at radius 1 is 1.28 bits per heavy atom. The third-order valence-corrected chi connectivity index (χ3v) is 2.13. The molecule has 0 spiro atoms. The molecule has 6 nitrogen and oxygen atoms in total. The molecule has 3 amide bonds. The van der Waals surface area contributed by atoms with Crippen molar-refractivity contribution >= 4 is 17.8 Å². The summed E-state index contributed by atoms with van der Waals surface area (Å²) in [7, 11) is 0. The summed E-state index contributed by atoms with van der Waals surface area (Å²) in [5, 5.41) is 5.04. The quantitative estimate of drug-likeness (QED) is 0.699. The highest BCUT2D eigenvalue weighted by Crippen LogP contribution is 2.15. The van der Waals surface area contributed by atoms with Crippen molar-refractivity contribution in [3.63, 3.8) is 0 Å². The van der Waals surface area contributed by atoms with E-state index in [1.54, 1.807) is 24.3 Å². The number of benzene rings is 1. The summed E-state index contributed by atoms with van der Waals surface area (Å²) < 4.78 is 5.03. The predicted octanol–water partition coefficient (Wildman–Crippen LogP) is 2.07. The molecule has 0 aliphatic rings. The Kier molecular flexibility index (Phi) is 5.50. The topological polar surface area (TPSA) is 93.4 Å². The molecule has 0 heterocycles. The molecule has 0 saturated carbocycles. The molecule has 1 aromatic carbocycles. The lowest BCUT2D eigenvalue weighted by Gasteiger charge is -2.07. The highest BCUT2D eigenvalue weighted by molar-refractivity contribution is 5.87. The number of urea groups is 1. The van der Waals surface area contributed by atoms with E-state index < -0.39 is 12.1 Å². The normalized spacial score (nSPS) is 9.61. The van der Waals surface area contributed by atoms with Crippen LogP contribution in [0.15, 0.2) is 24.3 Å². The first kappa shape index (κ1) is 13.8. The van der Waals surface area contributed by atoms with Gasteiger partial charge >= 0.3 is 12.1 Å². The van der Waals surface area contributed by atoms with Crippen molar-refractivity contribution in [3.8, 4) is 5.75 Å². The molecule has 0 radical (unpaired) electrons. The van der Waals surface area contributed by atoms with E-state index in [1.165, 1.54) is 0 Å². The van der Waals surface area contributed by atoms with Gasteiger partial charge in [0.15, 0.2) is 0 Å². The number of rotatable bonds is 5. The molecule has 0 bridgehead atoms. The van der Waals surface area contributed by atoms with Crippen LogP contribution in [0.4, 0.5) is 15.3 Å². The number of nitrogens with one attached hydrogen (secondary N) is 2. The zero-order valence-electron chi connectivity index (χ0n) is 10.2. The summed E-state index contributed by atoms with van der Waals surface area (Å²) in [6.45, 7) is 2.63. The van der Waals surface area contributed by atoms with Crippen LogP contribution < -0.4 is 21.1 Å². The van der Waals surface area contributed by atoms with Crippen LogP contribution in [0.3, 0.4) is 0 Å². The molecule has 1 aromatic rings. The lowest BCUT2D eigenvalue weighted by Crippen LogP contribution is -2.27. The first-order valence-electron chi connectivity index (χ1n) is 5.74. The molecular weight excluding hydrogens is 234 g/mol. The second kappa shape index (κ2) is 7.16. The molecule has 18 heavy (non-hydrogen) atoms. The predicted molar refractivity (Wildman–Crippen MR) is 68.6 cm³/mol. The maximum absolute atomic E-state index is 11.3. The average molecular weight is 251 g/mol. The summed E-state index contributed by atoms with van der Waals surface area (Å²) in [6.07, 6.45) is 1.43. The van der Waals surface area contributed by atoms with Crippen LogP contribution in [0.25, 0.3) is 0 Å². The molecule has 0 aromatic heterocycles. The Morgan fingerprint density at radius 3 is 2.50 bits per heavy atom. The third kappa shape index (κ3) is 5.20. The molecule has 98 valence electrons. The van der Waals surface area contributed by atoms with E-state index in [9.17, 15) is 9.59 Å². The van der Waals surface area contributed by atoms with E-state index in [2.05, 4.69) is 10.6 Å². The van der Waals surface area contributed by atoms with Crippen molar-refractivity contribution in [1.82, 2.24) is 5.32 Å². The van der Waals surface area contributed by atoms with Gasteiger partial charge in [-0.25, -0.2) is 9.59 Å². The molecule has 0 unspecified atom stereocenters. The van der Waals surface area contributed by atoms with Gasteiger partial charge in [0.1, 0.15) is 5.75 Å². The second-order valence-electron chi connectivity index (χ2n) is 3.68. The molecule has 0 saturated heterocycles. The number of hydrogen-bond donors (Lipinski definition) is 3. The smallest absolute Gasteiger partial charge is 0.410 e. The lowest BCUT2D eigenvalue weighted by atomic mass is 10.3. The van der Waals surface area contributed by atoms with Crippen LogP contribution in [-0.4, -0.2) is 18.7 Å². The van der Waals surface area contributed by atoms with Crippen molar-refractivity contribution in [2.24, 2.45) is 5.73 Å². The molecule has 0 fully saturated rings. The van der Waals surface area contributed by atoms with Gasteiger partial charge < -0.3 is 21.1 Å². The number of ether oxygens (including phenoxy) is 1. The Labute approximate surface area is 105 Å². The molecule has 0 aliphatic carbocycles. The minimum Gasteiger partial charge on any atom is -0.410 e. The highest BCUT2D eigenvalue weighted by atomic mass is 16.6. The summed E-state index contributed by atoms with van der Waals surface area (Å²) in [4.78, 5) is 21.9. The Hall–Kier alpha value is -2.24. The maximum Gasteiger partial charge on any atom is 0.412 e. The van der Waals surface area contributed by atoms with E-state index in [4.69, 9.17) is 10.5 Å². The Balaban J connectivity index is 2.43. The fraction of sp³-hybridized carbons (Fsp3) is 0.333. The number of anilines is 1. The zero-order valence-corrected chi connectivity index (χ0v) is 10.2. The molecular formula is C12H17N3O3. The Morgan fingerprint density at radius 2 is 1.94 bits per heavy atom. The highest BCUT2D eigenvalue weighted by Gasteiger charge is 2.03. The van der Waals surface area contributed by atoms with Crippen LogP contribution in [0.5, 0.6) is 5.75 Å². The van der Waals surface area contributed by atoms with Gasteiger partial charge in [0.05, 0.1) is 0 Å². The first-order valence-corrected chi connectivity index (χ1v) is 5.74. The van der Waals surface area contributed by atoms with Crippen LogP contribution in [-0.2, 0) is 0 Å². The number of nitrogens with two attached hydrogens (primary N) is 1. The van der Waals surface area contributed by atoms with E-state index in [0.29, 0.717) is 18.0 Å². The van der Waals surface area contributed by atoms with Gasteiger partial charge in [0, 0.05) is 12.2 Å².